The second-order valence-electron chi connectivity index (χ2n) is 12.6. The monoisotopic (exact) mass is 638 g/mol. The predicted octanol–water partition coefficient (Wildman–Crippen LogP) is 11.7. The van der Waals surface area contributed by atoms with Crippen LogP contribution in [-0.4, -0.2) is 19.1 Å². The van der Waals surface area contributed by atoms with Gasteiger partial charge in [0.15, 0.2) is 0 Å². The van der Waals surface area contributed by atoms with Gasteiger partial charge in [0.1, 0.15) is 0 Å². The summed E-state index contributed by atoms with van der Waals surface area (Å²) in [6, 6.07) is 64.2. The quantitative estimate of drug-likeness (QED) is 0.188. The van der Waals surface area contributed by atoms with Crippen molar-refractivity contribution in [3.8, 4) is 45.3 Å². The molecule has 10 rings (SSSR count). The summed E-state index contributed by atoms with van der Waals surface area (Å²) >= 11 is 0. The number of rotatable bonds is 5. The van der Waals surface area contributed by atoms with Crippen LogP contribution in [0.2, 0.25) is 0 Å². The molecular weight excluding hydrogens is 609 g/mol. The van der Waals surface area contributed by atoms with Gasteiger partial charge in [0.2, 0.25) is 5.95 Å². The molecule has 0 radical (unpaired) electrons. The van der Waals surface area contributed by atoms with Gasteiger partial charge in [-0.15, -0.1) is 0 Å². The van der Waals surface area contributed by atoms with Crippen molar-refractivity contribution in [2.75, 3.05) is 0 Å². The van der Waals surface area contributed by atoms with Gasteiger partial charge in [0.05, 0.1) is 33.5 Å². The topological polar surface area (TPSA) is 35.6 Å². The zero-order chi connectivity index (χ0) is 33.0. The number of aromatic nitrogens is 4. The van der Waals surface area contributed by atoms with E-state index >= 15 is 0 Å². The van der Waals surface area contributed by atoms with Crippen LogP contribution in [0.4, 0.5) is 0 Å². The molecule has 4 nitrogen and oxygen atoms in total. The van der Waals surface area contributed by atoms with E-state index in [9.17, 15) is 0 Å². The maximum Gasteiger partial charge on any atom is 0.235 e. The van der Waals surface area contributed by atoms with E-state index in [-0.39, 0.29) is 0 Å². The van der Waals surface area contributed by atoms with E-state index in [0.717, 1.165) is 39.2 Å². The molecule has 0 spiro atoms. The van der Waals surface area contributed by atoms with Crippen molar-refractivity contribution in [3.05, 3.63) is 182 Å². The first-order chi connectivity index (χ1) is 24.8. The number of hydrogen-bond acceptors (Lipinski definition) is 2. The Labute approximate surface area is 289 Å². The zero-order valence-electron chi connectivity index (χ0n) is 27.1. The Balaban J connectivity index is 1.23. The van der Waals surface area contributed by atoms with Gasteiger partial charge in [0, 0.05) is 38.4 Å². The van der Waals surface area contributed by atoms with Crippen LogP contribution in [-0.2, 0) is 0 Å². The predicted molar refractivity (Wildman–Crippen MR) is 207 cm³/mol. The van der Waals surface area contributed by atoms with E-state index in [1.165, 1.54) is 43.7 Å². The normalized spacial score (nSPS) is 11.6. The molecule has 3 heterocycles. The molecule has 10 aromatic rings. The molecule has 0 amide bonds. The average Bonchev–Trinajstić information content (AvgIpc) is 3.71. The Morgan fingerprint density at radius 2 is 0.880 bits per heavy atom. The second-order valence-corrected chi connectivity index (χ2v) is 12.6. The third-order valence-electron chi connectivity index (χ3n) is 9.75. The maximum absolute atomic E-state index is 5.23. The van der Waals surface area contributed by atoms with Crippen LogP contribution >= 0.6 is 0 Å². The van der Waals surface area contributed by atoms with Crippen LogP contribution in [0.1, 0.15) is 0 Å². The van der Waals surface area contributed by atoms with E-state index in [0.29, 0.717) is 5.95 Å². The fourth-order valence-electron chi connectivity index (χ4n) is 7.52. The molecular formula is C46H30N4. The van der Waals surface area contributed by atoms with Crippen molar-refractivity contribution in [3.63, 3.8) is 0 Å². The standard InChI is InChI=1S/C46H30N4/c1-4-15-31(16-5-1)39-30-40(32-17-6-2-7-18-32)48-46(47-39)50-42-25-13-11-22-37(42)45-35(23-14-26-44(45)50)33-27-28-43-38(29-33)36-21-10-12-24-41(36)49(43)34-19-8-3-9-20-34/h1-30H. The van der Waals surface area contributed by atoms with Crippen molar-refractivity contribution < 1.29 is 0 Å². The van der Waals surface area contributed by atoms with Crippen molar-refractivity contribution in [1.82, 2.24) is 19.1 Å². The van der Waals surface area contributed by atoms with Crippen LogP contribution in [0.15, 0.2) is 182 Å². The molecule has 0 atom stereocenters. The largest absolute Gasteiger partial charge is 0.309 e. The summed E-state index contributed by atoms with van der Waals surface area (Å²) in [6.45, 7) is 0. The van der Waals surface area contributed by atoms with E-state index in [4.69, 9.17) is 9.97 Å². The van der Waals surface area contributed by atoms with Gasteiger partial charge in [-0.1, -0.05) is 133 Å². The van der Waals surface area contributed by atoms with Crippen LogP contribution in [0.25, 0.3) is 88.9 Å². The first-order valence-electron chi connectivity index (χ1n) is 16.9. The van der Waals surface area contributed by atoms with Crippen LogP contribution < -0.4 is 0 Å². The lowest BCUT2D eigenvalue weighted by Gasteiger charge is -2.12. The molecule has 0 saturated heterocycles. The molecule has 0 saturated carbocycles. The summed E-state index contributed by atoms with van der Waals surface area (Å²) in [7, 11) is 0. The summed E-state index contributed by atoms with van der Waals surface area (Å²) < 4.78 is 4.59. The number of fused-ring (bicyclic) bond motifs is 6. The highest BCUT2D eigenvalue weighted by atomic mass is 15.2. The molecule has 0 N–H and O–H groups in total. The van der Waals surface area contributed by atoms with Gasteiger partial charge in [-0.25, -0.2) is 9.97 Å². The number of benzene rings is 7. The van der Waals surface area contributed by atoms with E-state index in [2.05, 4.69) is 179 Å². The highest BCUT2D eigenvalue weighted by molar-refractivity contribution is 6.17. The Bertz CT molecular complexity index is 2790. The molecule has 50 heavy (non-hydrogen) atoms. The molecule has 0 aliphatic heterocycles. The fourth-order valence-corrected chi connectivity index (χ4v) is 7.52. The molecule has 0 aliphatic rings. The van der Waals surface area contributed by atoms with Gasteiger partial charge < -0.3 is 4.57 Å². The van der Waals surface area contributed by atoms with Crippen molar-refractivity contribution >= 4 is 43.6 Å². The summed E-state index contributed by atoms with van der Waals surface area (Å²) in [5, 5.41) is 4.82. The minimum absolute atomic E-state index is 0.648. The molecule has 0 fully saturated rings. The summed E-state index contributed by atoms with van der Waals surface area (Å²) in [6.07, 6.45) is 0. The summed E-state index contributed by atoms with van der Waals surface area (Å²) in [5.41, 5.74) is 11.9. The highest BCUT2D eigenvalue weighted by Gasteiger charge is 2.20. The SMILES string of the molecule is c1ccc(-c2cc(-c3ccccc3)nc(-n3c4ccccc4c4c(-c5ccc6c(c5)c5ccccc5n6-c5ccccc5)cccc43)n2)cc1. The molecule has 3 aromatic heterocycles. The smallest absolute Gasteiger partial charge is 0.235 e. The first-order valence-corrected chi connectivity index (χ1v) is 16.9. The number of hydrogen-bond donors (Lipinski definition) is 0. The average molecular weight is 639 g/mol. The molecule has 0 aliphatic carbocycles. The minimum atomic E-state index is 0.648. The third kappa shape index (κ3) is 4.46. The summed E-state index contributed by atoms with van der Waals surface area (Å²) in [4.78, 5) is 10.5. The first kappa shape index (κ1) is 28.3. The van der Waals surface area contributed by atoms with Gasteiger partial charge in [-0.05, 0) is 59.7 Å². The lowest BCUT2D eigenvalue weighted by atomic mass is 9.98. The number of nitrogens with zero attached hydrogens (tertiary/aromatic N) is 4. The van der Waals surface area contributed by atoms with Gasteiger partial charge >= 0.3 is 0 Å². The van der Waals surface area contributed by atoms with Crippen molar-refractivity contribution in [2.45, 2.75) is 0 Å². The Morgan fingerprint density at radius 1 is 0.340 bits per heavy atom. The molecule has 0 bridgehead atoms. The van der Waals surface area contributed by atoms with E-state index < -0.39 is 0 Å². The molecule has 4 heteroatoms. The van der Waals surface area contributed by atoms with Crippen LogP contribution in [0.5, 0.6) is 0 Å². The lowest BCUT2D eigenvalue weighted by Crippen LogP contribution is -2.04. The van der Waals surface area contributed by atoms with E-state index in [1.54, 1.807) is 0 Å². The minimum Gasteiger partial charge on any atom is -0.309 e. The Kier molecular flexibility index (Phi) is 6.46. The molecule has 0 unspecified atom stereocenters. The zero-order valence-corrected chi connectivity index (χ0v) is 27.1. The van der Waals surface area contributed by atoms with Crippen LogP contribution in [0.3, 0.4) is 0 Å². The third-order valence-corrected chi connectivity index (χ3v) is 9.75. The fraction of sp³-hybridized carbons (Fsp3) is 0. The van der Waals surface area contributed by atoms with Gasteiger partial charge in [-0.2, -0.15) is 0 Å². The maximum atomic E-state index is 5.23. The van der Waals surface area contributed by atoms with E-state index in [1.807, 2.05) is 12.1 Å². The molecule has 7 aromatic carbocycles. The Hall–Kier alpha value is -6.78. The van der Waals surface area contributed by atoms with Gasteiger partial charge in [-0.3, -0.25) is 4.57 Å². The molecule has 234 valence electrons. The van der Waals surface area contributed by atoms with Crippen molar-refractivity contribution in [1.29, 1.82) is 0 Å². The van der Waals surface area contributed by atoms with Gasteiger partial charge in [0.25, 0.3) is 0 Å². The van der Waals surface area contributed by atoms with Crippen LogP contribution in [0, 0.1) is 0 Å². The second kappa shape index (κ2) is 11.4. The number of para-hydroxylation sites is 3. The van der Waals surface area contributed by atoms with Crippen molar-refractivity contribution in [2.24, 2.45) is 0 Å². The Morgan fingerprint density at radius 3 is 1.56 bits per heavy atom. The summed E-state index contributed by atoms with van der Waals surface area (Å²) in [5.74, 6) is 0.648. The lowest BCUT2D eigenvalue weighted by molar-refractivity contribution is 0.995. The highest BCUT2D eigenvalue weighted by Crippen LogP contribution is 2.41.